The van der Waals surface area contributed by atoms with Gasteiger partial charge in [0.2, 0.25) is 0 Å². The molecule has 0 N–H and O–H groups in total. The second-order valence-electron chi connectivity index (χ2n) is 3.13. The smallest absolute Gasteiger partial charge is 0.274 e. The monoisotopic (exact) mass is 230 g/mol. The highest BCUT2D eigenvalue weighted by Gasteiger charge is 2.24. The average Bonchev–Trinajstić information content (AvgIpc) is 2.00. The van der Waals surface area contributed by atoms with Crippen LogP contribution < -0.4 is 0 Å². The molecule has 1 aliphatic rings. The van der Waals surface area contributed by atoms with Gasteiger partial charge in [-0.1, -0.05) is 23.2 Å². The van der Waals surface area contributed by atoms with E-state index < -0.39 is 0 Å². The Labute approximate surface area is 91.6 Å². The lowest BCUT2D eigenvalue weighted by Crippen LogP contribution is -2.42. The minimum absolute atomic E-state index is 0.113. The van der Waals surface area contributed by atoms with Gasteiger partial charge in [0.25, 0.3) is 5.91 Å². The van der Waals surface area contributed by atoms with Crippen molar-refractivity contribution in [2.45, 2.75) is 6.42 Å². The van der Waals surface area contributed by atoms with Gasteiger partial charge in [-0.15, -0.1) is 0 Å². The van der Waals surface area contributed by atoms with Gasteiger partial charge in [-0.3, -0.25) is 4.79 Å². The number of hydrogen-bond acceptors (Lipinski definition) is 2. The number of carbonyl (C=O) groups is 1. The molecule has 74 valence electrons. The van der Waals surface area contributed by atoms with E-state index in [0.29, 0.717) is 10.0 Å². The molecule has 1 aromatic heterocycles. The molecule has 2 heterocycles. The highest BCUT2D eigenvalue weighted by Crippen LogP contribution is 2.21. The Morgan fingerprint density at radius 2 is 2.14 bits per heavy atom. The molecule has 5 heteroatoms. The predicted molar refractivity (Wildman–Crippen MR) is 54.8 cm³/mol. The molecule has 1 saturated heterocycles. The summed E-state index contributed by atoms with van der Waals surface area (Å²) in [5, 5.41) is 0.754. The highest BCUT2D eigenvalue weighted by molar-refractivity contribution is 6.36. The van der Waals surface area contributed by atoms with E-state index in [1.54, 1.807) is 4.90 Å². The maximum atomic E-state index is 11.7. The zero-order valence-corrected chi connectivity index (χ0v) is 8.85. The highest BCUT2D eigenvalue weighted by atomic mass is 35.5. The van der Waals surface area contributed by atoms with Crippen molar-refractivity contribution in [2.75, 3.05) is 13.1 Å². The molecule has 3 nitrogen and oxygen atoms in total. The molecule has 0 radical (unpaired) electrons. The topological polar surface area (TPSA) is 33.2 Å². The van der Waals surface area contributed by atoms with E-state index in [1.807, 2.05) is 0 Å². The fourth-order valence-corrected chi connectivity index (χ4v) is 1.70. The number of carbonyl (C=O) groups excluding carboxylic acids is 1. The molecule has 1 aromatic rings. The average molecular weight is 231 g/mol. The summed E-state index contributed by atoms with van der Waals surface area (Å²) in [5.74, 6) is -0.113. The number of rotatable bonds is 1. The summed E-state index contributed by atoms with van der Waals surface area (Å²) in [7, 11) is 0. The first-order chi connectivity index (χ1) is 6.68. The van der Waals surface area contributed by atoms with Crippen molar-refractivity contribution in [3.8, 4) is 0 Å². The molecule has 1 fully saturated rings. The number of pyridine rings is 1. The van der Waals surface area contributed by atoms with Gasteiger partial charge in [0.15, 0.2) is 0 Å². The summed E-state index contributed by atoms with van der Waals surface area (Å²) in [6.45, 7) is 1.58. The van der Waals surface area contributed by atoms with Crippen molar-refractivity contribution < 1.29 is 4.79 Å². The van der Waals surface area contributed by atoms with Gasteiger partial charge in [0.05, 0.1) is 10.0 Å². The first-order valence-corrected chi connectivity index (χ1v) is 5.04. The Balaban J connectivity index is 2.26. The van der Waals surface area contributed by atoms with Crippen molar-refractivity contribution in [3.05, 3.63) is 28.0 Å². The lowest BCUT2D eigenvalue weighted by molar-refractivity contribution is 0.0646. The number of aromatic nitrogens is 1. The summed E-state index contributed by atoms with van der Waals surface area (Å²) in [4.78, 5) is 17.3. The Bertz CT molecular complexity index is 377. The van der Waals surface area contributed by atoms with Crippen LogP contribution in [-0.2, 0) is 0 Å². The van der Waals surface area contributed by atoms with E-state index in [9.17, 15) is 4.79 Å². The minimum atomic E-state index is -0.113. The summed E-state index contributed by atoms with van der Waals surface area (Å²) in [5.41, 5.74) is 0.288. The van der Waals surface area contributed by atoms with E-state index in [-0.39, 0.29) is 11.6 Å². The van der Waals surface area contributed by atoms with Crippen molar-refractivity contribution in [2.24, 2.45) is 0 Å². The Kier molecular flexibility index (Phi) is 2.61. The summed E-state index contributed by atoms with van der Waals surface area (Å²) < 4.78 is 0. The van der Waals surface area contributed by atoms with Crippen LogP contribution in [0.1, 0.15) is 16.9 Å². The van der Waals surface area contributed by atoms with Crippen LogP contribution in [0, 0.1) is 0 Å². The van der Waals surface area contributed by atoms with Crippen LogP contribution >= 0.6 is 23.2 Å². The third-order valence-corrected chi connectivity index (χ3v) is 2.65. The fourth-order valence-electron chi connectivity index (χ4n) is 1.24. The molecule has 2 rings (SSSR count). The molecule has 1 aliphatic heterocycles. The van der Waals surface area contributed by atoms with Crippen LogP contribution in [0.2, 0.25) is 10.0 Å². The van der Waals surface area contributed by atoms with Crippen molar-refractivity contribution in [1.82, 2.24) is 9.88 Å². The number of nitrogens with zero attached hydrogens (tertiary/aromatic N) is 2. The second kappa shape index (κ2) is 3.75. The first kappa shape index (κ1) is 9.74. The first-order valence-electron chi connectivity index (χ1n) is 4.29. The number of amides is 1. The molecule has 0 atom stereocenters. The molecule has 0 unspecified atom stereocenters. The Morgan fingerprint density at radius 3 is 2.64 bits per heavy atom. The van der Waals surface area contributed by atoms with E-state index >= 15 is 0 Å². The zero-order chi connectivity index (χ0) is 10.1. The normalized spacial score (nSPS) is 15.1. The third-order valence-electron chi connectivity index (χ3n) is 2.15. The van der Waals surface area contributed by atoms with Crippen LogP contribution in [0.15, 0.2) is 12.3 Å². The van der Waals surface area contributed by atoms with Crippen molar-refractivity contribution in [3.63, 3.8) is 0 Å². The molecule has 0 aliphatic carbocycles. The summed E-state index contributed by atoms with van der Waals surface area (Å²) in [6, 6.07) is 1.53. The SMILES string of the molecule is O=C(c1ncc(Cl)cc1Cl)N1CCC1. The zero-order valence-electron chi connectivity index (χ0n) is 7.33. The molecule has 0 spiro atoms. The molecular weight excluding hydrogens is 223 g/mol. The van der Waals surface area contributed by atoms with E-state index in [4.69, 9.17) is 23.2 Å². The number of halogens is 2. The number of hydrogen-bond donors (Lipinski definition) is 0. The van der Waals surface area contributed by atoms with Crippen LogP contribution in [0.25, 0.3) is 0 Å². The van der Waals surface area contributed by atoms with Crippen LogP contribution in [-0.4, -0.2) is 28.9 Å². The molecule has 0 bridgehead atoms. The maximum absolute atomic E-state index is 11.7. The lowest BCUT2D eigenvalue weighted by atomic mass is 10.2. The molecule has 1 amide bonds. The van der Waals surface area contributed by atoms with Crippen LogP contribution in [0.5, 0.6) is 0 Å². The molecule has 14 heavy (non-hydrogen) atoms. The third kappa shape index (κ3) is 1.70. The quantitative estimate of drug-likeness (QED) is 0.742. The number of likely N-dealkylation sites (tertiary alicyclic amines) is 1. The summed E-state index contributed by atoms with van der Waals surface area (Å²) in [6.07, 6.45) is 2.48. The molecule has 0 saturated carbocycles. The fraction of sp³-hybridized carbons (Fsp3) is 0.333. The van der Waals surface area contributed by atoms with Gasteiger partial charge in [-0.25, -0.2) is 4.98 Å². The van der Waals surface area contributed by atoms with Gasteiger partial charge in [0, 0.05) is 19.3 Å². The standard InChI is InChI=1S/C9H8Cl2N2O/c10-6-4-7(11)8(12-5-6)9(14)13-2-1-3-13/h4-5H,1-3H2. The van der Waals surface area contributed by atoms with Crippen LogP contribution in [0.4, 0.5) is 0 Å². The minimum Gasteiger partial charge on any atom is -0.337 e. The van der Waals surface area contributed by atoms with Gasteiger partial charge in [-0.2, -0.15) is 0 Å². The Hall–Kier alpha value is -0.800. The largest absolute Gasteiger partial charge is 0.337 e. The molecule has 0 aromatic carbocycles. The van der Waals surface area contributed by atoms with Crippen LogP contribution in [0.3, 0.4) is 0 Å². The van der Waals surface area contributed by atoms with Gasteiger partial charge in [-0.05, 0) is 12.5 Å². The lowest BCUT2D eigenvalue weighted by Gasteiger charge is -2.30. The van der Waals surface area contributed by atoms with Gasteiger partial charge >= 0.3 is 0 Å². The van der Waals surface area contributed by atoms with Crippen molar-refractivity contribution >= 4 is 29.1 Å². The maximum Gasteiger partial charge on any atom is 0.274 e. The predicted octanol–water partition coefficient (Wildman–Crippen LogP) is 2.23. The van der Waals surface area contributed by atoms with Gasteiger partial charge in [0.1, 0.15) is 5.69 Å². The summed E-state index contributed by atoms with van der Waals surface area (Å²) >= 11 is 11.5. The van der Waals surface area contributed by atoms with Gasteiger partial charge < -0.3 is 4.90 Å². The molecular formula is C9H8Cl2N2O. The van der Waals surface area contributed by atoms with E-state index in [1.165, 1.54) is 12.3 Å². The van der Waals surface area contributed by atoms with E-state index in [0.717, 1.165) is 19.5 Å². The van der Waals surface area contributed by atoms with Crippen molar-refractivity contribution in [1.29, 1.82) is 0 Å². The van der Waals surface area contributed by atoms with E-state index in [2.05, 4.69) is 4.98 Å². The Morgan fingerprint density at radius 1 is 1.43 bits per heavy atom. The second-order valence-corrected chi connectivity index (χ2v) is 3.97.